The smallest absolute Gasteiger partial charge is 0.194 e. The summed E-state index contributed by atoms with van der Waals surface area (Å²) in [6.07, 6.45) is 0. The third-order valence-electron chi connectivity index (χ3n) is 4.57. The van der Waals surface area contributed by atoms with E-state index < -0.39 is 10.8 Å². The van der Waals surface area contributed by atoms with Crippen LogP contribution in [-0.4, -0.2) is 71.9 Å². The summed E-state index contributed by atoms with van der Waals surface area (Å²) in [6.45, 7) is 13.3. The van der Waals surface area contributed by atoms with Gasteiger partial charge in [-0.15, -0.1) is 24.0 Å². The maximum atomic E-state index is 12.2. The Labute approximate surface area is 189 Å². The molecule has 1 heterocycles. The zero-order valence-electron chi connectivity index (χ0n) is 17.7. The summed E-state index contributed by atoms with van der Waals surface area (Å²) in [5, 5.41) is 3.38. The van der Waals surface area contributed by atoms with Crippen LogP contribution < -0.4 is 15.0 Å². The number of rotatable bonds is 6. The highest BCUT2D eigenvalue weighted by molar-refractivity contribution is 14.0. The fraction of sp³-hybridized carbons (Fsp3) is 0.650. The Bertz CT molecular complexity index is 639. The lowest BCUT2D eigenvalue weighted by molar-refractivity contribution is 0.373. The molecule has 6 nitrogen and oxygen atoms in total. The first kappa shape index (κ1) is 25.0. The van der Waals surface area contributed by atoms with Gasteiger partial charge >= 0.3 is 0 Å². The predicted molar refractivity (Wildman–Crippen MR) is 131 cm³/mol. The minimum Gasteiger partial charge on any atom is -0.497 e. The van der Waals surface area contributed by atoms with E-state index in [1.807, 2.05) is 32.9 Å². The second-order valence-corrected chi connectivity index (χ2v) is 9.89. The van der Waals surface area contributed by atoms with Crippen LogP contribution in [0.1, 0.15) is 27.7 Å². The van der Waals surface area contributed by atoms with Crippen molar-refractivity contribution in [3.8, 4) is 5.75 Å². The highest BCUT2D eigenvalue weighted by Gasteiger charge is 2.21. The molecule has 0 amide bonds. The number of halogens is 1. The van der Waals surface area contributed by atoms with E-state index in [0.29, 0.717) is 12.3 Å². The van der Waals surface area contributed by atoms with Crippen molar-refractivity contribution in [2.24, 2.45) is 4.99 Å². The predicted octanol–water partition coefficient (Wildman–Crippen LogP) is 2.95. The van der Waals surface area contributed by atoms with Gasteiger partial charge in [0.1, 0.15) is 5.75 Å². The van der Waals surface area contributed by atoms with Crippen LogP contribution in [0.4, 0.5) is 5.69 Å². The van der Waals surface area contributed by atoms with Crippen molar-refractivity contribution in [1.29, 1.82) is 0 Å². The first-order valence-corrected chi connectivity index (χ1v) is 11.0. The lowest BCUT2D eigenvalue weighted by Gasteiger charge is -2.37. The lowest BCUT2D eigenvalue weighted by atomic mass is 10.2. The molecule has 0 aromatic heterocycles. The molecule has 1 aliphatic heterocycles. The fourth-order valence-electron chi connectivity index (χ4n) is 2.94. The number of piperazine rings is 1. The summed E-state index contributed by atoms with van der Waals surface area (Å²) < 4.78 is 17.3. The fourth-order valence-corrected chi connectivity index (χ4v) is 3.81. The third kappa shape index (κ3) is 7.42. The van der Waals surface area contributed by atoms with E-state index in [2.05, 4.69) is 34.2 Å². The molecule has 0 bridgehead atoms. The molecule has 0 saturated carbocycles. The van der Waals surface area contributed by atoms with Gasteiger partial charge in [0.05, 0.1) is 13.7 Å². The largest absolute Gasteiger partial charge is 0.497 e. The molecular weight excluding hydrogens is 487 g/mol. The molecule has 160 valence electrons. The topological polar surface area (TPSA) is 57.2 Å². The molecule has 0 radical (unpaired) electrons. The maximum Gasteiger partial charge on any atom is 0.194 e. The van der Waals surface area contributed by atoms with Crippen molar-refractivity contribution in [3.05, 3.63) is 24.3 Å². The molecule has 1 fully saturated rings. The van der Waals surface area contributed by atoms with Gasteiger partial charge in [-0.3, -0.25) is 9.20 Å². The Morgan fingerprint density at radius 2 is 1.79 bits per heavy atom. The van der Waals surface area contributed by atoms with Crippen LogP contribution in [0.5, 0.6) is 5.75 Å². The first-order chi connectivity index (χ1) is 12.8. The van der Waals surface area contributed by atoms with Crippen molar-refractivity contribution < 1.29 is 8.95 Å². The second-order valence-electron chi connectivity index (χ2n) is 7.57. The van der Waals surface area contributed by atoms with Crippen LogP contribution in [0.2, 0.25) is 0 Å². The van der Waals surface area contributed by atoms with Gasteiger partial charge in [-0.25, -0.2) is 0 Å². The Morgan fingerprint density at radius 3 is 2.29 bits per heavy atom. The Kier molecular flexibility index (Phi) is 10.6. The molecule has 1 atom stereocenters. The van der Waals surface area contributed by atoms with Crippen LogP contribution in [-0.2, 0) is 10.8 Å². The van der Waals surface area contributed by atoms with Crippen LogP contribution in [0.25, 0.3) is 0 Å². The van der Waals surface area contributed by atoms with Gasteiger partial charge in [0.25, 0.3) is 0 Å². The summed E-state index contributed by atoms with van der Waals surface area (Å²) in [5.74, 6) is 2.41. The molecule has 0 aliphatic carbocycles. The number of hydrogen-bond donors (Lipinski definition) is 1. The summed E-state index contributed by atoms with van der Waals surface area (Å²) in [5.41, 5.74) is 1.22. The molecule has 1 aliphatic rings. The maximum absolute atomic E-state index is 12.2. The van der Waals surface area contributed by atoms with E-state index in [4.69, 9.17) is 9.73 Å². The number of nitrogens with zero attached hydrogens (tertiary/aromatic N) is 3. The van der Waals surface area contributed by atoms with Crippen molar-refractivity contribution in [2.45, 2.75) is 32.4 Å². The zero-order chi connectivity index (χ0) is 19.9. The molecular formula is C20H35IN4O2S. The monoisotopic (exact) mass is 522 g/mol. The van der Waals surface area contributed by atoms with Gasteiger partial charge < -0.3 is 19.9 Å². The molecule has 1 N–H and O–H groups in total. The summed E-state index contributed by atoms with van der Waals surface area (Å²) in [4.78, 5) is 9.39. The molecule has 2 rings (SSSR count). The van der Waals surface area contributed by atoms with E-state index in [1.165, 1.54) is 5.69 Å². The number of guanidine groups is 1. The molecule has 1 aromatic rings. The molecule has 1 unspecified atom stereocenters. The minimum atomic E-state index is -0.868. The quantitative estimate of drug-likeness (QED) is 0.354. The Balaban J connectivity index is 0.00000392. The van der Waals surface area contributed by atoms with Gasteiger partial charge in [-0.05, 0) is 52.0 Å². The minimum absolute atomic E-state index is 0. The molecule has 28 heavy (non-hydrogen) atoms. The third-order valence-corrected chi connectivity index (χ3v) is 6.49. The lowest BCUT2D eigenvalue weighted by Crippen LogP contribution is -2.52. The van der Waals surface area contributed by atoms with Gasteiger partial charge in [-0.1, -0.05) is 0 Å². The van der Waals surface area contributed by atoms with Crippen LogP contribution >= 0.6 is 24.0 Å². The standard InChI is InChI=1S/C20H34N4O2S.HI/c1-6-21-19(22-11-16-27(25)20(2,3)4)24-14-12-23(13-15-24)17-7-9-18(26-5)10-8-17;/h7-10H,6,11-16H2,1-5H3,(H,21,22);1H. The number of benzene rings is 1. The van der Waals surface area contributed by atoms with Gasteiger partial charge in [0.15, 0.2) is 5.96 Å². The van der Waals surface area contributed by atoms with E-state index in [1.54, 1.807) is 7.11 Å². The van der Waals surface area contributed by atoms with E-state index >= 15 is 0 Å². The molecule has 1 aromatic carbocycles. The number of ether oxygens (including phenoxy) is 1. The van der Waals surface area contributed by atoms with Gasteiger partial charge in [0.2, 0.25) is 0 Å². The number of nitrogens with one attached hydrogen (secondary N) is 1. The van der Waals surface area contributed by atoms with Gasteiger partial charge in [-0.2, -0.15) is 0 Å². The SMILES string of the molecule is CCNC(=NCCS(=O)C(C)(C)C)N1CCN(c2ccc(OC)cc2)CC1.I. The number of anilines is 1. The average molecular weight is 522 g/mol. The van der Waals surface area contributed by atoms with Crippen LogP contribution in [0.3, 0.4) is 0 Å². The summed E-state index contributed by atoms with van der Waals surface area (Å²) in [7, 11) is 0.819. The van der Waals surface area contributed by atoms with E-state index in [9.17, 15) is 4.21 Å². The van der Waals surface area contributed by atoms with Crippen molar-refractivity contribution >= 4 is 46.4 Å². The van der Waals surface area contributed by atoms with E-state index in [-0.39, 0.29) is 28.7 Å². The summed E-state index contributed by atoms with van der Waals surface area (Å²) >= 11 is 0. The molecule has 8 heteroatoms. The number of hydrogen-bond acceptors (Lipinski definition) is 4. The number of methoxy groups -OCH3 is 1. The van der Waals surface area contributed by atoms with Crippen LogP contribution in [0, 0.1) is 0 Å². The van der Waals surface area contributed by atoms with Crippen LogP contribution in [0.15, 0.2) is 29.3 Å². The van der Waals surface area contributed by atoms with Gasteiger partial charge in [0, 0.05) is 59.7 Å². The Morgan fingerprint density at radius 1 is 1.18 bits per heavy atom. The van der Waals surface area contributed by atoms with Crippen molar-refractivity contribution in [2.75, 3.05) is 57.0 Å². The average Bonchev–Trinajstić information content (AvgIpc) is 2.66. The highest BCUT2D eigenvalue weighted by atomic mass is 127. The second kappa shape index (κ2) is 11.8. The summed E-state index contributed by atoms with van der Waals surface area (Å²) in [6, 6.07) is 8.22. The molecule has 1 saturated heterocycles. The zero-order valence-corrected chi connectivity index (χ0v) is 20.9. The highest BCUT2D eigenvalue weighted by Crippen LogP contribution is 2.20. The van der Waals surface area contributed by atoms with E-state index in [0.717, 1.165) is 44.4 Å². The van der Waals surface area contributed by atoms with Crippen molar-refractivity contribution in [1.82, 2.24) is 10.2 Å². The molecule has 0 spiro atoms. The Hall–Kier alpha value is -1.03. The normalized spacial score (nSPS) is 16.4. The first-order valence-electron chi connectivity index (χ1n) is 9.66. The number of aliphatic imine (C=N–C) groups is 1. The van der Waals surface area contributed by atoms with Crippen molar-refractivity contribution in [3.63, 3.8) is 0 Å².